The number of benzene rings is 4. The van der Waals surface area contributed by atoms with Gasteiger partial charge in [-0.2, -0.15) is 8.78 Å². The SMILES string of the molecule is CCCc1cc(F)c(-c2cc(F)c(CCc3cc(F)c(-c4cc(F)c(C(F)(F)OC(F)(F)F)c(F)c4)c(F)c3)c(F)c2)c(F)c1. The molecule has 0 saturated heterocycles. The van der Waals surface area contributed by atoms with Crippen LogP contribution in [0.25, 0.3) is 22.3 Å². The molecule has 240 valence electrons. The molecule has 0 saturated carbocycles. The van der Waals surface area contributed by atoms with Crippen LogP contribution in [0.2, 0.25) is 0 Å². The fraction of sp³-hybridized carbons (Fsp3) is 0.226. The molecular weight excluding hydrogens is 635 g/mol. The molecule has 0 aliphatic heterocycles. The van der Waals surface area contributed by atoms with Gasteiger partial charge in [-0.15, -0.1) is 13.2 Å². The molecule has 4 rings (SSSR count). The highest BCUT2D eigenvalue weighted by atomic mass is 19.4. The molecule has 0 aliphatic carbocycles. The molecule has 0 unspecified atom stereocenters. The van der Waals surface area contributed by atoms with Crippen LogP contribution >= 0.6 is 0 Å². The fourth-order valence-electron chi connectivity index (χ4n) is 4.83. The maximum Gasteiger partial charge on any atom is 0.527 e. The molecule has 4 aromatic rings. The third kappa shape index (κ3) is 7.43. The molecule has 0 aliphatic rings. The molecule has 14 heteroatoms. The van der Waals surface area contributed by atoms with E-state index >= 15 is 0 Å². The van der Waals surface area contributed by atoms with Crippen LogP contribution in [0, 0.1) is 46.5 Å². The number of rotatable bonds is 9. The van der Waals surface area contributed by atoms with Crippen molar-refractivity contribution < 1.29 is 61.8 Å². The highest BCUT2D eigenvalue weighted by Crippen LogP contribution is 2.41. The predicted molar refractivity (Wildman–Crippen MR) is 136 cm³/mol. The summed E-state index contributed by atoms with van der Waals surface area (Å²) in [7, 11) is 0. The normalized spacial score (nSPS) is 12.2. The van der Waals surface area contributed by atoms with Gasteiger partial charge in [0.25, 0.3) is 0 Å². The zero-order valence-corrected chi connectivity index (χ0v) is 22.8. The van der Waals surface area contributed by atoms with E-state index in [9.17, 15) is 57.1 Å². The van der Waals surface area contributed by atoms with Gasteiger partial charge in [-0.3, -0.25) is 0 Å². The van der Waals surface area contributed by atoms with Crippen molar-refractivity contribution in [1.82, 2.24) is 0 Å². The highest BCUT2D eigenvalue weighted by molar-refractivity contribution is 5.67. The Morgan fingerprint density at radius 1 is 0.489 bits per heavy atom. The van der Waals surface area contributed by atoms with Crippen molar-refractivity contribution in [3.05, 3.63) is 117 Å². The average Bonchev–Trinajstić information content (AvgIpc) is 2.85. The molecule has 0 fully saturated rings. The fourth-order valence-corrected chi connectivity index (χ4v) is 4.83. The molecule has 4 aromatic carbocycles. The van der Waals surface area contributed by atoms with Crippen LogP contribution in [0.5, 0.6) is 0 Å². The Bertz CT molecular complexity index is 1650. The summed E-state index contributed by atoms with van der Waals surface area (Å²) < 4.78 is 184. The van der Waals surface area contributed by atoms with Gasteiger partial charge in [-0.25, -0.2) is 39.9 Å². The van der Waals surface area contributed by atoms with Crippen LogP contribution in [0.15, 0.2) is 48.5 Å². The Morgan fingerprint density at radius 3 is 1.24 bits per heavy atom. The van der Waals surface area contributed by atoms with E-state index in [2.05, 4.69) is 4.74 Å². The van der Waals surface area contributed by atoms with Crippen molar-refractivity contribution >= 4 is 0 Å². The van der Waals surface area contributed by atoms with Crippen molar-refractivity contribution in [2.24, 2.45) is 0 Å². The monoisotopic (exact) mass is 654 g/mol. The lowest BCUT2D eigenvalue weighted by atomic mass is 9.95. The lowest BCUT2D eigenvalue weighted by Gasteiger charge is -2.20. The largest absolute Gasteiger partial charge is 0.527 e. The summed E-state index contributed by atoms with van der Waals surface area (Å²) in [5.41, 5.74) is -6.12. The van der Waals surface area contributed by atoms with Gasteiger partial charge in [-0.05, 0) is 90.0 Å². The van der Waals surface area contributed by atoms with E-state index in [1.807, 2.05) is 0 Å². The van der Waals surface area contributed by atoms with Gasteiger partial charge < -0.3 is 0 Å². The summed E-state index contributed by atoms with van der Waals surface area (Å²) in [6.07, 6.45) is -11.5. The topological polar surface area (TPSA) is 9.23 Å². The van der Waals surface area contributed by atoms with Crippen molar-refractivity contribution in [1.29, 1.82) is 0 Å². The van der Waals surface area contributed by atoms with Gasteiger partial charge in [0.2, 0.25) is 0 Å². The number of ether oxygens (including phenoxy) is 1. The third-order valence-electron chi connectivity index (χ3n) is 6.70. The molecule has 0 radical (unpaired) electrons. The first-order valence-electron chi connectivity index (χ1n) is 13.0. The molecule has 0 bridgehead atoms. The summed E-state index contributed by atoms with van der Waals surface area (Å²) >= 11 is 0. The second-order valence-corrected chi connectivity index (χ2v) is 9.92. The van der Waals surface area contributed by atoms with E-state index in [1.165, 1.54) is 0 Å². The summed E-state index contributed by atoms with van der Waals surface area (Å²) in [6.45, 7) is 1.79. The van der Waals surface area contributed by atoms with Crippen LogP contribution in [-0.2, 0) is 30.1 Å². The van der Waals surface area contributed by atoms with Crippen molar-refractivity contribution in [3.8, 4) is 22.3 Å². The van der Waals surface area contributed by atoms with E-state index in [0.717, 1.165) is 12.1 Å². The smallest absolute Gasteiger partial charge is 0.222 e. The highest BCUT2D eigenvalue weighted by Gasteiger charge is 2.49. The zero-order valence-electron chi connectivity index (χ0n) is 22.8. The molecule has 1 nitrogen and oxygen atoms in total. The van der Waals surface area contributed by atoms with Crippen LogP contribution in [0.1, 0.15) is 35.6 Å². The van der Waals surface area contributed by atoms with Crippen LogP contribution in [-0.4, -0.2) is 6.36 Å². The molecule has 0 heterocycles. The van der Waals surface area contributed by atoms with Gasteiger partial charge in [0, 0.05) is 5.56 Å². The molecule has 0 atom stereocenters. The Balaban J connectivity index is 1.59. The minimum atomic E-state index is -5.99. The van der Waals surface area contributed by atoms with Crippen molar-refractivity contribution in [2.45, 2.75) is 45.1 Å². The lowest BCUT2D eigenvalue weighted by Crippen LogP contribution is -2.29. The van der Waals surface area contributed by atoms with E-state index in [4.69, 9.17) is 0 Å². The van der Waals surface area contributed by atoms with E-state index in [-0.39, 0.29) is 17.7 Å². The number of hydrogen-bond donors (Lipinski definition) is 0. The first kappa shape index (κ1) is 33.8. The first-order chi connectivity index (χ1) is 20.9. The molecule has 0 spiro atoms. The number of halogens is 13. The summed E-state index contributed by atoms with van der Waals surface area (Å²) in [5.74, 6) is -12.1. The standard InChI is InChI=1S/C31H19F13O/c1-2-3-14-6-21(34)27(22(35)7-14)16-10-19(32)18(20(33)11-16)5-4-15-8-23(36)28(24(37)9-15)17-12-25(38)29(26(39)13-17)30(40,41)45-31(42,43)44/h6-13H,2-5H2,1H3. The lowest BCUT2D eigenvalue weighted by molar-refractivity contribution is -0.432. The van der Waals surface area contributed by atoms with Crippen LogP contribution in [0.3, 0.4) is 0 Å². The van der Waals surface area contributed by atoms with Crippen LogP contribution < -0.4 is 0 Å². The van der Waals surface area contributed by atoms with Gasteiger partial charge in [0.1, 0.15) is 52.1 Å². The van der Waals surface area contributed by atoms with Gasteiger partial charge in [-0.1, -0.05) is 13.3 Å². The van der Waals surface area contributed by atoms with E-state index in [1.54, 1.807) is 6.92 Å². The maximum atomic E-state index is 14.9. The second kappa shape index (κ2) is 12.7. The minimum absolute atomic E-state index is 0.0252. The van der Waals surface area contributed by atoms with Crippen molar-refractivity contribution in [2.75, 3.05) is 0 Å². The number of hydrogen-bond acceptors (Lipinski definition) is 1. The Morgan fingerprint density at radius 2 is 0.867 bits per heavy atom. The molecule has 0 amide bonds. The van der Waals surface area contributed by atoms with Crippen LogP contribution in [0.4, 0.5) is 57.1 Å². The second-order valence-electron chi connectivity index (χ2n) is 9.92. The first-order valence-corrected chi connectivity index (χ1v) is 13.0. The van der Waals surface area contributed by atoms with Gasteiger partial charge in [0.15, 0.2) is 0 Å². The molecule has 0 N–H and O–H groups in total. The Labute approximate surface area is 246 Å². The summed E-state index contributed by atoms with van der Waals surface area (Å²) in [4.78, 5) is 0. The number of alkyl halides is 5. The third-order valence-corrected chi connectivity index (χ3v) is 6.70. The maximum absolute atomic E-state index is 14.9. The predicted octanol–water partition coefficient (Wildman–Crippen LogP) is 10.5. The quantitative estimate of drug-likeness (QED) is 0.163. The zero-order chi connectivity index (χ0) is 33.4. The Kier molecular flexibility index (Phi) is 9.57. The van der Waals surface area contributed by atoms with Crippen molar-refractivity contribution in [3.63, 3.8) is 0 Å². The number of aryl methyl sites for hydroxylation is 2. The Hall–Kier alpha value is -4.07. The molecular formula is C31H19F13O. The van der Waals surface area contributed by atoms with E-state index in [0.29, 0.717) is 42.7 Å². The minimum Gasteiger partial charge on any atom is -0.222 e. The summed E-state index contributed by atoms with van der Waals surface area (Å²) in [5, 5.41) is 0. The van der Waals surface area contributed by atoms with Gasteiger partial charge in [0.05, 0.1) is 11.1 Å². The molecule has 0 aromatic heterocycles. The van der Waals surface area contributed by atoms with E-state index < -0.39 is 105 Å². The average molecular weight is 654 g/mol. The van der Waals surface area contributed by atoms with Gasteiger partial charge >= 0.3 is 12.5 Å². The summed E-state index contributed by atoms with van der Waals surface area (Å²) in [6, 6.07) is 4.68. The molecule has 45 heavy (non-hydrogen) atoms.